The molecule has 27 heavy (non-hydrogen) atoms. The molecule has 0 saturated heterocycles. The number of hydrogen-bond donors (Lipinski definition) is 0. The molecule has 1 amide bonds. The van der Waals surface area contributed by atoms with Crippen LogP contribution in [0.25, 0.3) is 5.69 Å². The van der Waals surface area contributed by atoms with Gasteiger partial charge in [0.15, 0.2) is 5.16 Å². The van der Waals surface area contributed by atoms with Crippen molar-refractivity contribution in [3.63, 3.8) is 0 Å². The number of thioether (sulfide) groups is 1. The van der Waals surface area contributed by atoms with Crippen molar-refractivity contribution < 1.29 is 13.9 Å². The molecule has 7 nitrogen and oxygen atoms in total. The number of hydrogen-bond acceptors (Lipinski definition) is 6. The van der Waals surface area contributed by atoms with Crippen LogP contribution in [0.1, 0.15) is 17.3 Å². The van der Waals surface area contributed by atoms with E-state index in [9.17, 15) is 4.79 Å². The van der Waals surface area contributed by atoms with Crippen molar-refractivity contribution in [2.45, 2.75) is 25.5 Å². The van der Waals surface area contributed by atoms with Gasteiger partial charge in [-0.1, -0.05) is 11.8 Å². The Bertz CT molecular complexity index is 917. The molecule has 0 saturated carbocycles. The maximum Gasteiger partial charge on any atom is 0.233 e. The standard InChI is InChI=1S/C19H22N4O3S/c1-13-5-8-17(26-13)11-22(3)18(24)12-27-19-21-20-14(2)23(19)15-6-9-16(25-4)10-7-15/h5-10H,11-12H2,1-4H3. The van der Waals surface area contributed by atoms with Gasteiger partial charge in [0.05, 0.1) is 19.4 Å². The second-order valence-electron chi connectivity index (χ2n) is 6.11. The van der Waals surface area contributed by atoms with Crippen molar-refractivity contribution >= 4 is 17.7 Å². The molecule has 0 aliphatic heterocycles. The quantitative estimate of drug-likeness (QED) is 0.581. The van der Waals surface area contributed by atoms with Gasteiger partial charge in [-0.2, -0.15) is 0 Å². The van der Waals surface area contributed by atoms with E-state index in [1.165, 1.54) is 11.8 Å². The van der Waals surface area contributed by atoms with Crippen molar-refractivity contribution in [2.24, 2.45) is 0 Å². The zero-order valence-corrected chi connectivity index (χ0v) is 16.6. The maximum atomic E-state index is 12.5. The van der Waals surface area contributed by atoms with Crippen LogP contribution in [0.3, 0.4) is 0 Å². The van der Waals surface area contributed by atoms with Crippen molar-refractivity contribution in [3.8, 4) is 11.4 Å². The molecule has 142 valence electrons. The van der Waals surface area contributed by atoms with Crippen molar-refractivity contribution in [2.75, 3.05) is 19.9 Å². The lowest BCUT2D eigenvalue weighted by Gasteiger charge is -2.15. The van der Waals surface area contributed by atoms with E-state index in [-0.39, 0.29) is 11.7 Å². The van der Waals surface area contributed by atoms with E-state index in [1.54, 1.807) is 19.1 Å². The number of ether oxygens (including phenoxy) is 1. The third kappa shape index (κ3) is 4.51. The van der Waals surface area contributed by atoms with Gasteiger partial charge in [-0.15, -0.1) is 10.2 Å². The van der Waals surface area contributed by atoms with Crippen LogP contribution >= 0.6 is 11.8 Å². The topological polar surface area (TPSA) is 73.4 Å². The van der Waals surface area contributed by atoms with Crippen LogP contribution < -0.4 is 4.74 Å². The number of benzene rings is 1. The molecule has 0 N–H and O–H groups in total. The molecule has 0 spiro atoms. The number of rotatable bonds is 7. The van der Waals surface area contributed by atoms with Gasteiger partial charge in [-0.05, 0) is 50.2 Å². The molecule has 3 aromatic rings. The highest BCUT2D eigenvalue weighted by molar-refractivity contribution is 7.99. The van der Waals surface area contributed by atoms with Crippen LogP contribution in [0.5, 0.6) is 5.75 Å². The highest BCUT2D eigenvalue weighted by Gasteiger charge is 2.16. The van der Waals surface area contributed by atoms with Crippen LogP contribution in [0, 0.1) is 13.8 Å². The largest absolute Gasteiger partial charge is 0.497 e. The van der Waals surface area contributed by atoms with Gasteiger partial charge in [0.25, 0.3) is 0 Å². The summed E-state index contributed by atoms with van der Waals surface area (Å²) in [6.07, 6.45) is 0. The first-order valence-electron chi connectivity index (χ1n) is 8.46. The summed E-state index contributed by atoms with van der Waals surface area (Å²) in [4.78, 5) is 14.1. The normalized spacial score (nSPS) is 10.8. The molecule has 2 heterocycles. The number of aryl methyl sites for hydroxylation is 2. The van der Waals surface area contributed by atoms with Crippen LogP contribution in [0.2, 0.25) is 0 Å². The van der Waals surface area contributed by atoms with Gasteiger partial charge >= 0.3 is 0 Å². The number of carbonyl (C=O) groups is 1. The summed E-state index contributed by atoms with van der Waals surface area (Å²) in [6, 6.07) is 11.4. The Labute approximate surface area is 162 Å². The Morgan fingerprint density at radius 2 is 1.93 bits per heavy atom. The zero-order valence-electron chi connectivity index (χ0n) is 15.8. The summed E-state index contributed by atoms with van der Waals surface area (Å²) < 4.78 is 12.7. The summed E-state index contributed by atoms with van der Waals surface area (Å²) in [5.74, 6) is 3.41. The molecule has 8 heteroatoms. The summed E-state index contributed by atoms with van der Waals surface area (Å²) in [7, 11) is 3.40. The monoisotopic (exact) mass is 386 g/mol. The number of carbonyl (C=O) groups excluding carboxylic acids is 1. The Morgan fingerprint density at radius 3 is 2.56 bits per heavy atom. The molecule has 3 rings (SSSR count). The summed E-state index contributed by atoms with van der Waals surface area (Å²) >= 11 is 1.36. The minimum absolute atomic E-state index is 0.00372. The number of methoxy groups -OCH3 is 1. The fraction of sp³-hybridized carbons (Fsp3) is 0.316. The lowest BCUT2D eigenvalue weighted by molar-refractivity contribution is -0.127. The minimum atomic E-state index is -0.00372. The molecule has 0 fully saturated rings. The molecular weight excluding hydrogens is 364 g/mol. The van der Waals surface area contributed by atoms with Gasteiger partial charge in [0, 0.05) is 12.7 Å². The molecule has 2 aromatic heterocycles. The highest BCUT2D eigenvalue weighted by Crippen LogP contribution is 2.24. The first-order chi connectivity index (χ1) is 13.0. The van der Waals surface area contributed by atoms with E-state index in [1.807, 2.05) is 54.8 Å². The molecule has 0 radical (unpaired) electrons. The highest BCUT2D eigenvalue weighted by atomic mass is 32.2. The van der Waals surface area contributed by atoms with Crippen LogP contribution in [-0.2, 0) is 11.3 Å². The molecular formula is C19H22N4O3S. The Kier molecular flexibility index (Phi) is 5.85. The SMILES string of the molecule is COc1ccc(-n2c(C)nnc2SCC(=O)N(C)Cc2ccc(C)o2)cc1. The number of nitrogens with zero attached hydrogens (tertiary/aromatic N) is 4. The molecule has 0 aliphatic rings. The first kappa shape index (κ1) is 19.0. The Hall–Kier alpha value is -2.74. The van der Waals surface area contributed by atoms with Crippen LogP contribution in [0.4, 0.5) is 0 Å². The smallest absolute Gasteiger partial charge is 0.233 e. The van der Waals surface area contributed by atoms with E-state index in [4.69, 9.17) is 9.15 Å². The molecule has 0 atom stereocenters. The van der Waals surface area contributed by atoms with Gasteiger partial charge in [-0.25, -0.2) is 0 Å². The number of furan rings is 1. The third-order valence-electron chi connectivity index (χ3n) is 4.07. The van der Waals surface area contributed by atoms with E-state index in [0.717, 1.165) is 28.8 Å². The average Bonchev–Trinajstić information content (AvgIpc) is 3.24. The number of amides is 1. The van der Waals surface area contributed by atoms with E-state index >= 15 is 0 Å². The van der Waals surface area contributed by atoms with Crippen LogP contribution in [-0.4, -0.2) is 45.5 Å². The number of aromatic nitrogens is 3. The van der Waals surface area contributed by atoms with Gasteiger partial charge < -0.3 is 14.1 Å². The lowest BCUT2D eigenvalue weighted by atomic mass is 10.3. The van der Waals surface area contributed by atoms with E-state index < -0.39 is 0 Å². The van der Waals surface area contributed by atoms with Crippen molar-refractivity contribution in [1.29, 1.82) is 0 Å². The fourth-order valence-electron chi connectivity index (χ4n) is 2.59. The molecule has 1 aromatic carbocycles. The van der Waals surface area contributed by atoms with E-state index in [2.05, 4.69) is 10.2 Å². The second-order valence-corrected chi connectivity index (χ2v) is 7.06. The Morgan fingerprint density at radius 1 is 1.19 bits per heavy atom. The van der Waals surface area contributed by atoms with E-state index in [0.29, 0.717) is 11.7 Å². The van der Waals surface area contributed by atoms with Crippen molar-refractivity contribution in [3.05, 3.63) is 53.7 Å². The van der Waals surface area contributed by atoms with Crippen molar-refractivity contribution in [1.82, 2.24) is 19.7 Å². The third-order valence-corrected chi connectivity index (χ3v) is 4.98. The molecule has 0 aliphatic carbocycles. The molecule has 0 unspecified atom stereocenters. The minimum Gasteiger partial charge on any atom is -0.497 e. The lowest BCUT2D eigenvalue weighted by Crippen LogP contribution is -2.27. The summed E-state index contributed by atoms with van der Waals surface area (Å²) in [5.41, 5.74) is 0.924. The van der Waals surface area contributed by atoms with Gasteiger partial charge in [0.2, 0.25) is 5.91 Å². The fourth-order valence-corrected chi connectivity index (χ4v) is 3.53. The zero-order chi connectivity index (χ0) is 19.4. The second kappa shape index (κ2) is 8.30. The van der Waals surface area contributed by atoms with Gasteiger partial charge in [0.1, 0.15) is 23.1 Å². The first-order valence-corrected chi connectivity index (χ1v) is 9.45. The predicted molar refractivity (Wildman–Crippen MR) is 103 cm³/mol. The van der Waals surface area contributed by atoms with Gasteiger partial charge in [-0.3, -0.25) is 9.36 Å². The molecule has 0 bridgehead atoms. The van der Waals surface area contributed by atoms with Crippen LogP contribution in [0.15, 0.2) is 46.0 Å². The summed E-state index contributed by atoms with van der Waals surface area (Å²) in [5, 5.41) is 9.03. The predicted octanol–water partition coefficient (Wildman–Crippen LogP) is 3.24. The summed E-state index contributed by atoms with van der Waals surface area (Å²) in [6.45, 7) is 4.21. The Balaban J connectivity index is 1.66. The maximum absolute atomic E-state index is 12.5. The average molecular weight is 386 g/mol.